The highest BCUT2D eigenvalue weighted by molar-refractivity contribution is 7.99. The normalized spacial score (nSPS) is 19.6. The Balaban J connectivity index is 1.79. The Morgan fingerprint density at radius 3 is 2.89 bits per heavy atom. The molecule has 6 nitrogen and oxygen atoms in total. The number of thioether (sulfide) groups is 1. The molecule has 1 aliphatic carbocycles. The second-order valence-electron chi connectivity index (χ2n) is 6.55. The Labute approximate surface area is 166 Å². The Morgan fingerprint density at radius 1 is 1.30 bits per heavy atom. The monoisotopic (exact) mass is 392 g/mol. The number of benzene rings is 1. The van der Waals surface area contributed by atoms with E-state index in [-0.39, 0.29) is 12.5 Å². The molecular formula is C20H32N4O2S. The maximum atomic E-state index is 11.5. The molecule has 2 rings (SSSR count). The van der Waals surface area contributed by atoms with Gasteiger partial charge in [-0.05, 0) is 49.6 Å². The number of aliphatic imine (C=N–C) groups is 1. The molecule has 0 aliphatic heterocycles. The third-order valence-electron chi connectivity index (χ3n) is 4.45. The van der Waals surface area contributed by atoms with Crippen molar-refractivity contribution in [3.8, 4) is 5.75 Å². The Bertz CT molecular complexity index is 624. The largest absolute Gasteiger partial charge is 0.484 e. The quantitative estimate of drug-likeness (QED) is 0.445. The second kappa shape index (κ2) is 11.7. The molecule has 27 heavy (non-hydrogen) atoms. The number of ether oxygens (including phenoxy) is 1. The first-order valence-corrected chi connectivity index (χ1v) is 10.8. The Kier molecular flexibility index (Phi) is 9.31. The number of amides is 1. The number of likely N-dealkylation sites (N-methyl/N-ethyl adjacent to an activating group) is 1. The highest BCUT2D eigenvalue weighted by atomic mass is 32.2. The van der Waals surface area contributed by atoms with E-state index < -0.39 is 0 Å². The zero-order valence-corrected chi connectivity index (χ0v) is 17.4. The lowest BCUT2D eigenvalue weighted by atomic mass is 10.2. The molecule has 0 spiro atoms. The van der Waals surface area contributed by atoms with Crippen molar-refractivity contribution in [3.63, 3.8) is 0 Å². The lowest BCUT2D eigenvalue weighted by molar-refractivity contribution is -0.122. The highest BCUT2D eigenvalue weighted by Crippen LogP contribution is 2.29. The molecule has 0 aromatic heterocycles. The number of nitrogens with one attached hydrogen (secondary N) is 3. The van der Waals surface area contributed by atoms with Crippen molar-refractivity contribution in [2.24, 2.45) is 4.99 Å². The van der Waals surface area contributed by atoms with E-state index in [1.807, 2.05) is 31.2 Å². The van der Waals surface area contributed by atoms with Crippen molar-refractivity contribution in [1.29, 1.82) is 0 Å². The second-order valence-corrected chi connectivity index (χ2v) is 8.12. The van der Waals surface area contributed by atoms with Gasteiger partial charge in [-0.15, -0.1) is 0 Å². The van der Waals surface area contributed by atoms with E-state index >= 15 is 0 Å². The van der Waals surface area contributed by atoms with Crippen molar-refractivity contribution < 1.29 is 9.53 Å². The molecular weight excluding hydrogens is 360 g/mol. The molecule has 0 heterocycles. The van der Waals surface area contributed by atoms with Gasteiger partial charge in [0.05, 0.1) is 0 Å². The molecule has 1 aromatic carbocycles. The maximum Gasteiger partial charge on any atom is 0.257 e. The van der Waals surface area contributed by atoms with Crippen LogP contribution in [0.5, 0.6) is 5.75 Å². The van der Waals surface area contributed by atoms with Gasteiger partial charge in [-0.3, -0.25) is 9.79 Å². The molecule has 1 aliphatic rings. The fourth-order valence-electron chi connectivity index (χ4n) is 3.17. The minimum absolute atomic E-state index is 0.0343. The molecule has 1 fully saturated rings. The summed E-state index contributed by atoms with van der Waals surface area (Å²) in [6.45, 7) is 5.40. The summed E-state index contributed by atoms with van der Waals surface area (Å²) in [5, 5.41) is 10.4. The van der Waals surface area contributed by atoms with Crippen LogP contribution < -0.4 is 20.7 Å². The fourth-order valence-corrected chi connectivity index (χ4v) is 4.32. The van der Waals surface area contributed by atoms with Crippen molar-refractivity contribution >= 4 is 23.6 Å². The van der Waals surface area contributed by atoms with Gasteiger partial charge in [-0.1, -0.05) is 19.1 Å². The smallest absolute Gasteiger partial charge is 0.257 e. The average Bonchev–Trinajstić information content (AvgIpc) is 3.11. The summed E-state index contributed by atoms with van der Waals surface area (Å²) in [7, 11) is 1.80. The van der Waals surface area contributed by atoms with Crippen LogP contribution in [0.4, 0.5) is 0 Å². The SMILES string of the molecule is CCNC(=O)COc1cccc(CNC(=NC)NC2CCC(SCC)C2)c1. The van der Waals surface area contributed by atoms with Crippen molar-refractivity contribution in [1.82, 2.24) is 16.0 Å². The minimum atomic E-state index is -0.110. The first-order chi connectivity index (χ1) is 13.1. The summed E-state index contributed by atoms with van der Waals surface area (Å²) >= 11 is 2.06. The summed E-state index contributed by atoms with van der Waals surface area (Å²) in [5.41, 5.74) is 1.08. The zero-order valence-electron chi connectivity index (χ0n) is 16.6. The van der Waals surface area contributed by atoms with Crippen LogP contribution in [-0.2, 0) is 11.3 Å². The number of carbonyl (C=O) groups is 1. The van der Waals surface area contributed by atoms with Crippen LogP contribution in [0.15, 0.2) is 29.3 Å². The number of carbonyl (C=O) groups excluding carboxylic acids is 1. The predicted molar refractivity (Wildman–Crippen MR) is 114 cm³/mol. The number of guanidine groups is 1. The zero-order chi connectivity index (χ0) is 19.5. The number of hydrogen-bond donors (Lipinski definition) is 3. The van der Waals surface area contributed by atoms with Gasteiger partial charge in [0.1, 0.15) is 5.75 Å². The van der Waals surface area contributed by atoms with Gasteiger partial charge in [-0.2, -0.15) is 11.8 Å². The molecule has 2 atom stereocenters. The number of rotatable bonds is 9. The van der Waals surface area contributed by atoms with E-state index in [0.717, 1.165) is 16.8 Å². The van der Waals surface area contributed by atoms with Gasteiger partial charge < -0.3 is 20.7 Å². The molecule has 7 heteroatoms. The number of hydrogen-bond acceptors (Lipinski definition) is 4. The van der Waals surface area contributed by atoms with Crippen LogP contribution in [0.1, 0.15) is 38.7 Å². The van der Waals surface area contributed by atoms with Crippen LogP contribution >= 0.6 is 11.8 Å². The van der Waals surface area contributed by atoms with Crippen LogP contribution in [0.3, 0.4) is 0 Å². The van der Waals surface area contributed by atoms with E-state index in [4.69, 9.17) is 4.74 Å². The molecule has 1 aromatic rings. The molecule has 0 radical (unpaired) electrons. The molecule has 150 valence electrons. The van der Waals surface area contributed by atoms with Gasteiger partial charge in [-0.25, -0.2) is 0 Å². The third-order valence-corrected chi connectivity index (χ3v) is 5.69. The minimum Gasteiger partial charge on any atom is -0.484 e. The standard InChI is InChI=1S/C20H32N4O2S/c1-4-22-19(25)14-26-17-8-6-7-15(11-17)13-23-20(21-3)24-16-9-10-18(12-16)27-5-2/h6-8,11,16,18H,4-5,9-10,12-14H2,1-3H3,(H,22,25)(H2,21,23,24). The summed E-state index contributed by atoms with van der Waals surface area (Å²) < 4.78 is 5.55. The van der Waals surface area contributed by atoms with E-state index in [0.29, 0.717) is 24.9 Å². The summed E-state index contributed by atoms with van der Waals surface area (Å²) in [6, 6.07) is 8.27. The predicted octanol–water partition coefficient (Wildman–Crippen LogP) is 2.54. The molecule has 2 unspecified atom stereocenters. The summed E-state index contributed by atoms with van der Waals surface area (Å²) in [6.07, 6.45) is 3.67. The van der Waals surface area contributed by atoms with Crippen LogP contribution in [-0.4, -0.2) is 49.1 Å². The Morgan fingerprint density at radius 2 is 2.15 bits per heavy atom. The summed E-state index contributed by atoms with van der Waals surface area (Å²) in [4.78, 5) is 15.9. The lowest BCUT2D eigenvalue weighted by Crippen LogP contribution is -2.42. The van der Waals surface area contributed by atoms with Crippen molar-refractivity contribution in [2.45, 2.75) is 50.9 Å². The summed E-state index contributed by atoms with van der Waals surface area (Å²) in [5.74, 6) is 2.60. The van der Waals surface area contributed by atoms with E-state index in [2.05, 4.69) is 39.6 Å². The first-order valence-electron chi connectivity index (χ1n) is 9.71. The molecule has 1 saturated carbocycles. The average molecular weight is 393 g/mol. The molecule has 1 amide bonds. The van der Waals surface area contributed by atoms with E-state index in [1.165, 1.54) is 25.0 Å². The van der Waals surface area contributed by atoms with Crippen molar-refractivity contribution in [2.75, 3.05) is 26.0 Å². The van der Waals surface area contributed by atoms with Gasteiger partial charge in [0.15, 0.2) is 12.6 Å². The van der Waals surface area contributed by atoms with E-state index in [9.17, 15) is 4.79 Å². The van der Waals surface area contributed by atoms with Gasteiger partial charge in [0, 0.05) is 31.4 Å². The van der Waals surface area contributed by atoms with Gasteiger partial charge in [0.25, 0.3) is 5.91 Å². The van der Waals surface area contributed by atoms with Crippen LogP contribution in [0.2, 0.25) is 0 Å². The van der Waals surface area contributed by atoms with Crippen LogP contribution in [0, 0.1) is 0 Å². The van der Waals surface area contributed by atoms with Gasteiger partial charge >= 0.3 is 0 Å². The number of nitrogens with zero attached hydrogens (tertiary/aromatic N) is 1. The highest BCUT2D eigenvalue weighted by Gasteiger charge is 2.25. The topological polar surface area (TPSA) is 74.8 Å². The molecule has 0 saturated heterocycles. The fraction of sp³-hybridized carbons (Fsp3) is 0.600. The molecule has 3 N–H and O–H groups in total. The third kappa shape index (κ3) is 7.71. The van der Waals surface area contributed by atoms with Crippen molar-refractivity contribution in [3.05, 3.63) is 29.8 Å². The van der Waals surface area contributed by atoms with Crippen LogP contribution in [0.25, 0.3) is 0 Å². The maximum absolute atomic E-state index is 11.5. The first kappa shape index (κ1) is 21.4. The van der Waals surface area contributed by atoms with E-state index in [1.54, 1.807) is 7.05 Å². The lowest BCUT2D eigenvalue weighted by Gasteiger charge is -2.17. The van der Waals surface area contributed by atoms with Gasteiger partial charge in [0.2, 0.25) is 0 Å². The Hall–Kier alpha value is -1.89. The molecule has 0 bridgehead atoms.